The zero-order valence-electron chi connectivity index (χ0n) is 9.01. The van der Waals surface area contributed by atoms with Gasteiger partial charge in [-0.1, -0.05) is 11.8 Å². The molecule has 4 nitrogen and oxygen atoms in total. The molecule has 1 aliphatic carbocycles. The van der Waals surface area contributed by atoms with E-state index < -0.39 is 0 Å². The van der Waals surface area contributed by atoms with Crippen LogP contribution in [0.1, 0.15) is 12.8 Å². The summed E-state index contributed by atoms with van der Waals surface area (Å²) < 4.78 is 1.93. The lowest BCUT2D eigenvalue weighted by Crippen LogP contribution is -2.30. The van der Waals surface area contributed by atoms with Gasteiger partial charge in [0.05, 0.1) is 5.75 Å². The summed E-state index contributed by atoms with van der Waals surface area (Å²) in [5.41, 5.74) is 0. The quantitative estimate of drug-likeness (QED) is 0.721. The van der Waals surface area contributed by atoms with E-state index >= 15 is 0 Å². The van der Waals surface area contributed by atoms with Crippen molar-refractivity contribution in [2.75, 3.05) is 12.8 Å². The summed E-state index contributed by atoms with van der Waals surface area (Å²) in [6, 6.07) is 0.500. The molecular formula is C10H15N3OS. The van der Waals surface area contributed by atoms with Gasteiger partial charge in [-0.25, -0.2) is 4.98 Å². The van der Waals surface area contributed by atoms with Crippen molar-refractivity contribution in [2.45, 2.75) is 24.0 Å². The van der Waals surface area contributed by atoms with Crippen LogP contribution in [0.15, 0.2) is 17.6 Å². The number of carbonyl (C=O) groups excluding carboxylic acids is 1. The summed E-state index contributed by atoms with van der Waals surface area (Å²) in [7, 11) is 3.82. The van der Waals surface area contributed by atoms with Gasteiger partial charge in [-0.15, -0.1) is 0 Å². The first-order valence-electron chi connectivity index (χ1n) is 5.04. The maximum absolute atomic E-state index is 11.7. The zero-order valence-corrected chi connectivity index (χ0v) is 9.83. The van der Waals surface area contributed by atoms with E-state index in [4.69, 9.17) is 0 Å². The minimum atomic E-state index is 0.200. The van der Waals surface area contributed by atoms with E-state index in [0.717, 1.165) is 18.0 Å². The molecule has 1 aromatic heterocycles. The van der Waals surface area contributed by atoms with Crippen LogP contribution in [0.25, 0.3) is 0 Å². The van der Waals surface area contributed by atoms with Crippen molar-refractivity contribution in [3.05, 3.63) is 12.4 Å². The minimum Gasteiger partial charge on any atom is -0.342 e. The van der Waals surface area contributed by atoms with E-state index in [1.807, 2.05) is 29.8 Å². The van der Waals surface area contributed by atoms with E-state index in [0.29, 0.717) is 11.8 Å². The van der Waals surface area contributed by atoms with Gasteiger partial charge in [0.1, 0.15) is 0 Å². The van der Waals surface area contributed by atoms with Crippen molar-refractivity contribution in [3.8, 4) is 0 Å². The van der Waals surface area contributed by atoms with Crippen LogP contribution in [-0.2, 0) is 11.8 Å². The highest BCUT2D eigenvalue weighted by Gasteiger charge is 2.29. The molecule has 1 heterocycles. The minimum absolute atomic E-state index is 0.200. The first-order valence-corrected chi connectivity index (χ1v) is 6.03. The van der Waals surface area contributed by atoms with Gasteiger partial charge in [0.25, 0.3) is 0 Å². The van der Waals surface area contributed by atoms with Crippen molar-refractivity contribution in [3.63, 3.8) is 0 Å². The lowest BCUT2D eigenvalue weighted by atomic mass is 10.5. The van der Waals surface area contributed by atoms with Crippen LogP contribution in [0.5, 0.6) is 0 Å². The third-order valence-electron chi connectivity index (χ3n) is 2.59. The fourth-order valence-corrected chi connectivity index (χ4v) is 2.24. The Hall–Kier alpha value is -0.970. The lowest BCUT2D eigenvalue weighted by molar-refractivity contribution is -0.127. The molecule has 1 aliphatic rings. The van der Waals surface area contributed by atoms with Crippen LogP contribution in [0, 0.1) is 0 Å². The maximum Gasteiger partial charge on any atom is 0.233 e. The number of amides is 1. The Kier molecular flexibility index (Phi) is 3.00. The van der Waals surface area contributed by atoms with Gasteiger partial charge in [-0.2, -0.15) is 0 Å². The number of aromatic nitrogens is 2. The van der Waals surface area contributed by atoms with E-state index in [1.165, 1.54) is 11.8 Å². The highest BCUT2D eigenvalue weighted by atomic mass is 32.2. The molecule has 1 aromatic rings. The largest absolute Gasteiger partial charge is 0.342 e. The zero-order chi connectivity index (χ0) is 10.8. The molecule has 2 rings (SSSR count). The molecule has 0 bridgehead atoms. The first kappa shape index (κ1) is 10.5. The number of hydrogen-bond acceptors (Lipinski definition) is 3. The Morgan fingerprint density at radius 1 is 1.73 bits per heavy atom. The molecule has 0 aliphatic heterocycles. The summed E-state index contributed by atoms with van der Waals surface area (Å²) >= 11 is 1.50. The van der Waals surface area contributed by atoms with Gasteiger partial charge >= 0.3 is 0 Å². The molecular weight excluding hydrogens is 210 g/mol. The first-order chi connectivity index (χ1) is 7.18. The number of hydrogen-bond donors (Lipinski definition) is 0. The van der Waals surface area contributed by atoms with Gasteiger partial charge in [0.2, 0.25) is 5.91 Å². The van der Waals surface area contributed by atoms with Crippen LogP contribution in [0.2, 0.25) is 0 Å². The highest BCUT2D eigenvalue weighted by molar-refractivity contribution is 7.99. The Morgan fingerprint density at radius 3 is 3.00 bits per heavy atom. The average molecular weight is 225 g/mol. The monoisotopic (exact) mass is 225 g/mol. The number of thioether (sulfide) groups is 1. The van der Waals surface area contributed by atoms with Crippen molar-refractivity contribution in [1.82, 2.24) is 14.5 Å². The van der Waals surface area contributed by atoms with Crippen LogP contribution in [0.4, 0.5) is 0 Å². The summed E-state index contributed by atoms with van der Waals surface area (Å²) in [5, 5.41) is 0.896. The number of imidazole rings is 1. The molecule has 0 aromatic carbocycles. The van der Waals surface area contributed by atoms with E-state index in [-0.39, 0.29) is 5.91 Å². The Bertz CT molecular complexity index is 359. The van der Waals surface area contributed by atoms with E-state index in [1.54, 1.807) is 6.20 Å². The summed E-state index contributed by atoms with van der Waals surface area (Å²) in [4.78, 5) is 17.7. The summed E-state index contributed by atoms with van der Waals surface area (Å²) in [5.74, 6) is 0.684. The summed E-state index contributed by atoms with van der Waals surface area (Å²) in [6.07, 6.45) is 5.96. The van der Waals surface area contributed by atoms with Crippen LogP contribution < -0.4 is 0 Å². The Labute approximate surface area is 93.7 Å². The summed E-state index contributed by atoms with van der Waals surface area (Å²) in [6.45, 7) is 0. The van der Waals surface area contributed by atoms with Gasteiger partial charge in [0.15, 0.2) is 5.16 Å². The normalized spacial score (nSPS) is 15.3. The van der Waals surface area contributed by atoms with E-state index in [2.05, 4.69) is 4.98 Å². The molecule has 5 heteroatoms. The Morgan fingerprint density at radius 2 is 2.47 bits per heavy atom. The fourth-order valence-electron chi connectivity index (χ4n) is 1.38. The number of aryl methyl sites for hydroxylation is 1. The molecule has 1 saturated carbocycles. The molecule has 82 valence electrons. The predicted molar refractivity (Wildman–Crippen MR) is 59.7 cm³/mol. The number of carbonyl (C=O) groups is 1. The second kappa shape index (κ2) is 4.26. The molecule has 1 fully saturated rings. The standard InChI is InChI=1S/C10H15N3OS/c1-12-6-5-11-10(12)15-7-9(14)13(2)8-3-4-8/h5-6,8H,3-4,7H2,1-2H3. The third-order valence-corrected chi connectivity index (χ3v) is 3.63. The molecule has 0 radical (unpaired) electrons. The van der Waals surface area contributed by atoms with Gasteiger partial charge < -0.3 is 9.47 Å². The predicted octanol–water partition coefficient (Wildman–Crippen LogP) is 1.13. The van der Waals surface area contributed by atoms with Gasteiger partial charge in [-0.3, -0.25) is 4.79 Å². The molecule has 15 heavy (non-hydrogen) atoms. The van der Waals surface area contributed by atoms with Crippen LogP contribution in [0.3, 0.4) is 0 Å². The second-order valence-corrected chi connectivity index (χ2v) is 4.79. The fraction of sp³-hybridized carbons (Fsp3) is 0.600. The van der Waals surface area contributed by atoms with Crippen molar-refractivity contribution < 1.29 is 4.79 Å². The average Bonchev–Trinajstić information content (AvgIpc) is 2.99. The lowest BCUT2D eigenvalue weighted by Gasteiger charge is -2.15. The molecule has 0 saturated heterocycles. The SMILES string of the molecule is CN(C(=O)CSc1nccn1C)C1CC1. The number of rotatable bonds is 4. The Balaban J connectivity index is 1.82. The third kappa shape index (κ3) is 2.53. The highest BCUT2D eigenvalue weighted by Crippen LogP contribution is 2.26. The molecule has 0 spiro atoms. The molecule has 0 unspecified atom stereocenters. The topological polar surface area (TPSA) is 38.1 Å². The van der Waals surface area contributed by atoms with Gasteiger partial charge in [0, 0.05) is 32.5 Å². The van der Waals surface area contributed by atoms with Crippen molar-refractivity contribution in [1.29, 1.82) is 0 Å². The molecule has 0 atom stereocenters. The maximum atomic E-state index is 11.7. The molecule has 0 N–H and O–H groups in total. The molecule has 1 amide bonds. The van der Waals surface area contributed by atoms with Crippen LogP contribution in [-0.4, -0.2) is 39.2 Å². The second-order valence-electron chi connectivity index (χ2n) is 3.85. The van der Waals surface area contributed by atoms with E-state index in [9.17, 15) is 4.79 Å². The van der Waals surface area contributed by atoms with Crippen molar-refractivity contribution in [2.24, 2.45) is 7.05 Å². The van der Waals surface area contributed by atoms with Crippen molar-refractivity contribution >= 4 is 17.7 Å². The smallest absolute Gasteiger partial charge is 0.233 e. The van der Waals surface area contributed by atoms with Crippen LogP contribution >= 0.6 is 11.8 Å². The number of nitrogens with zero attached hydrogens (tertiary/aromatic N) is 3. The van der Waals surface area contributed by atoms with Gasteiger partial charge in [-0.05, 0) is 12.8 Å².